The molecule has 4 rings (SSSR count). The number of carbonyl (C=O) groups excluding carboxylic acids is 3. The van der Waals surface area contributed by atoms with Crippen molar-refractivity contribution < 1.29 is 24.2 Å². The lowest BCUT2D eigenvalue weighted by molar-refractivity contribution is -0.168. The van der Waals surface area contributed by atoms with Crippen LogP contribution >= 0.6 is 0 Å². The lowest BCUT2D eigenvalue weighted by atomic mass is 9.38. The number of ketones is 3. The molecular weight excluding hydrogens is 536 g/mol. The maximum atomic E-state index is 15.5. The van der Waals surface area contributed by atoms with Crippen molar-refractivity contribution in [1.29, 1.82) is 0 Å². The zero-order valence-corrected chi connectivity index (χ0v) is 27.6. The SMILES string of the molecule is CC(C)=CCCC1(C)C(CC=C(C)C)CC2(CC=C(C)C)C(=O)C1(C(=O)c1ccccc1)C(=O)C1=C2OC(C(C)(C)O)C1. The second kappa shape index (κ2) is 11.8. The number of aliphatic hydroxyl groups is 1. The fourth-order valence-corrected chi connectivity index (χ4v) is 7.66. The summed E-state index contributed by atoms with van der Waals surface area (Å²) in [7, 11) is 0. The van der Waals surface area contributed by atoms with E-state index >= 15 is 14.4 Å². The summed E-state index contributed by atoms with van der Waals surface area (Å²) in [5, 5.41) is 11.0. The van der Waals surface area contributed by atoms with Crippen LogP contribution in [0.1, 0.15) is 111 Å². The molecule has 0 amide bonds. The molecule has 1 fully saturated rings. The standard InChI is InChI=1S/C38H50O5/c1-24(2)14-13-20-36(9)28(18-17-25(3)4)23-37(21-19-26(5)6)33-29(22-30(43-33)35(7,8)42)32(40)38(36,34(37)41)31(39)27-15-11-10-12-16-27/h10-12,14-17,19,28,30,42H,13,18,20-23H2,1-9H3. The minimum atomic E-state index is -1.91. The maximum Gasteiger partial charge on any atom is 0.184 e. The van der Waals surface area contributed by atoms with Crippen molar-refractivity contribution in [2.45, 2.75) is 113 Å². The summed E-state index contributed by atoms with van der Waals surface area (Å²) in [4.78, 5) is 45.8. The van der Waals surface area contributed by atoms with Gasteiger partial charge in [0.1, 0.15) is 11.9 Å². The van der Waals surface area contributed by atoms with Crippen LogP contribution in [0.4, 0.5) is 0 Å². The Hall–Kier alpha value is -3.05. The number of carbonyl (C=O) groups is 3. The van der Waals surface area contributed by atoms with Crippen LogP contribution in [0.3, 0.4) is 0 Å². The van der Waals surface area contributed by atoms with E-state index in [1.807, 2.05) is 46.8 Å². The predicted molar refractivity (Wildman–Crippen MR) is 171 cm³/mol. The number of rotatable bonds is 10. The van der Waals surface area contributed by atoms with Gasteiger partial charge in [-0.25, -0.2) is 0 Å². The Kier molecular flexibility index (Phi) is 9.02. The first kappa shape index (κ1) is 32.9. The third kappa shape index (κ3) is 5.43. The Bertz CT molecular complexity index is 1410. The zero-order chi connectivity index (χ0) is 32.0. The molecule has 1 aromatic rings. The van der Waals surface area contributed by atoms with E-state index in [1.54, 1.807) is 38.1 Å². The first-order chi connectivity index (χ1) is 20.0. The Morgan fingerprint density at radius 1 is 0.977 bits per heavy atom. The van der Waals surface area contributed by atoms with Crippen LogP contribution in [-0.2, 0) is 14.3 Å². The molecule has 5 nitrogen and oxygen atoms in total. The third-order valence-electron chi connectivity index (χ3n) is 10.2. The molecule has 232 valence electrons. The van der Waals surface area contributed by atoms with Gasteiger partial charge in [-0.3, -0.25) is 14.4 Å². The van der Waals surface area contributed by atoms with E-state index in [0.717, 1.165) is 16.7 Å². The van der Waals surface area contributed by atoms with Crippen molar-refractivity contribution in [3.05, 3.63) is 82.2 Å². The van der Waals surface area contributed by atoms with Gasteiger partial charge in [0, 0.05) is 17.6 Å². The molecule has 0 spiro atoms. The van der Waals surface area contributed by atoms with Crippen LogP contribution in [0, 0.1) is 22.2 Å². The second-order valence-corrected chi connectivity index (χ2v) is 14.6. The lowest BCUT2D eigenvalue weighted by Gasteiger charge is -2.60. The molecule has 2 aliphatic carbocycles. The highest BCUT2D eigenvalue weighted by Gasteiger charge is 2.77. The van der Waals surface area contributed by atoms with Crippen LogP contribution in [-0.4, -0.2) is 34.2 Å². The summed E-state index contributed by atoms with van der Waals surface area (Å²) in [6.07, 6.45) is 8.49. The van der Waals surface area contributed by atoms with Crippen molar-refractivity contribution in [1.82, 2.24) is 0 Å². The number of hydrogen-bond acceptors (Lipinski definition) is 5. The number of benzene rings is 1. The van der Waals surface area contributed by atoms with Gasteiger partial charge in [0.2, 0.25) is 0 Å². The topological polar surface area (TPSA) is 80.7 Å². The van der Waals surface area contributed by atoms with Crippen LogP contribution in [0.5, 0.6) is 0 Å². The van der Waals surface area contributed by atoms with Gasteiger partial charge in [-0.05, 0) is 98.8 Å². The molecular formula is C38H50O5. The predicted octanol–water partition coefficient (Wildman–Crippen LogP) is 8.29. The monoisotopic (exact) mass is 586 g/mol. The van der Waals surface area contributed by atoms with Crippen LogP contribution in [0.2, 0.25) is 0 Å². The normalized spacial score (nSPS) is 29.9. The fourth-order valence-electron chi connectivity index (χ4n) is 7.66. The van der Waals surface area contributed by atoms with Crippen LogP contribution in [0.15, 0.2) is 76.6 Å². The first-order valence-corrected chi connectivity index (χ1v) is 15.7. The van der Waals surface area contributed by atoms with Gasteiger partial charge in [-0.2, -0.15) is 0 Å². The van der Waals surface area contributed by atoms with Crippen LogP contribution in [0.25, 0.3) is 0 Å². The Labute approximate surface area is 258 Å². The average Bonchev–Trinajstić information content (AvgIpc) is 3.39. The molecule has 3 aliphatic rings. The Morgan fingerprint density at radius 2 is 1.58 bits per heavy atom. The van der Waals surface area contributed by atoms with Crippen molar-refractivity contribution in [2.24, 2.45) is 22.2 Å². The van der Waals surface area contributed by atoms with E-state index in [4.69, 9.17) is 4.74 Å². The minimum absolute atomic E-state index is 0.147. The van der Waals surface area contributed by atoms with Gasteiger partial charge < -0.3 is 9.84 Å². The quantitative estimate of drug-likeness (QED) is 0.169. The third-order valence-corrected chi connectivity index (χ3v) is 10.2. The molecule has 1 saturated carbocycles. The van der Waals surface area contributed by atoms with Crippen molar-refractivity contribution >= 4 is 17.3 Å². The van der Waals surface area contributed by atoms with E-state index in [9.17, 15) is 5.11 Å². The van der Waals surface area contributed by atoms with Crippen molar-refractivity contribution in [2.75, 3.05) is 0 Å². The molecule has 1 heterocycles. The van der Waals surface area contributed by atoms with Crippen molar-refractivity contribution in [3.8, 4) is 0 Å². The molecule has 2 bridgehead atoms. The van der Waals surface area contributed by atoms with E-state index in [-0.39, 0.29) is 18.1 Å². The molecule has 1 aliphatic heterocycles. The summed E-state index contributed by atoms with van der Waals surface area (Å²) in [5.74, 6) is -0.935. The van der Waals surface area contributed by atoms with Gasteiger partial charge in [-0.15, -0.1) is 0 Å². The molecule has 5 unspecified atom stereocenters. The summed E-state index contributed by atoms with van der Waals surface area (Å²) in [6, 6.07) is 8.86. The number of allylic oxidation sites excluding steroid dienone is 7. The molecule has 0 aromatic heterocycles. The van der Waals surface area contributed by atoms with E-state index in [0.29, 0.717) is 49.0 Å². The Morgan fingerprint density at radius 3 is 2.14 bits per heavy atom. The van der Waals surface area contributed by atoms with Gasteiger partial charge in [0.25, 0.3) is 0 Å². The lowest BCUT2D eigenvalue weighted by Crippen LogP contribution is -2.70. The van der Waals surface area contributed by atoms with Crippen molar-refractivity contribution in [3.63, 3.8) is 0 Å². The van der Waals surface area contributed by atoms with E-state index in [1.165, 1.54) is 0 Å². The largest absolute Gasteiger partial charge is 0.490 e. The molecule has 5 atom stereocenters. The number of fused-ring (bicyclic) bond motifs is 3. The van der Waals surface area contributed by atoms with Gasteiger partial charge >= 0.3 is 0 Å². The van der Waals surface area contributed by atoms with E-state index in [2.05, 4.69) is 26.0 Å². The molecule has 1 aromatic carbocycles. The zero-order valence-electron chi connectivity index (χ0n) is 27.6. The Balaban J connectivity index is 2.10. The summed E-state index contributed by atoms with van der Waals surface area (Å²) in [6.45, 7) is 17.5. The molecule has 1 N–H and O–H groups in total. The highest BCUT2D eigenvalue weighted by atomic mass is 16.5. The van der Waals surface area contributed by atoms with Gasteiger partial charge in [-0.1, -0.05) is 72.2 Å². The van der Waals surface area contributed by atoms with Gasteiger partial charge in [0.05, 0.1) is 11.0 Å². The van der Waals surface area contributed by atoms with Gasteiger partial charge in [0.15, 0.2) is 22.8 Å². The minimum Gasteiger partial charge on any atom is -0.490 e. The summed E-state index contributed by atoms with van der Waals surface area (Å²) >= 11 is 0. The maximum absolute atomic E-state index is 15.5. The smallest absolute Gasteiger partial charge is 0.184 e. The average molecular weight is 587 g/mol. The fraction of sp³-hybridized carbons (Fsp3) is 0.553. The molecule has 43 heavy (non-hydrogen) atoms. The highest BCUT2D eigenvalue weighted by molar-refractivity contribution is 6.36. The number of ether oxygens (including phenoxy) is 1. The second-order valence-electron chi connectivity index (χ2n) is 14.6. The summed E-state index contributed by atoms with van der Waals surface area (Å²) < 4.78 is 6.50. The first-order valence-electron chi connectivity index (χ1n) is 15.7. The highest BCUT2D eigenvalue weighted by Crippen LogP contribution is 2.69. The molecule has 5 heteroatoms. The van der Waals surface area contributed by atoms with E-state index < -0.39 is 39.5 Å². The summed E-state index contributed by atoms with van der Waals surface area (Å²) in [5.41, 5.74) is -1.13. The molecule has 0 saturated heterocycles. The molecule has 0 radical (unpaired) electrons. The van der Waals surface area contributed by atoms with Crippen LogP contribution < -0.4 is 0 Å². The number of hydrogen-bond donors (Lipinski definition) is 1. The number of Topliss-reactive ketones (excluding diaryl/α,β-unsaturated/α-hetero) is 3.